The number of fused-ring (bicyclic) bond motifs is 1. The van der Waals surface area contributed by atoms with Crippen LogP contribution in [0.1, 0.15) is 54.1 Å². The lowest BCUT2D eigenvalue weighted by atomic mass is 9.91. The SMILES string of the molecule is NC(=O)c1ccc(N2CCC(CN3CCCCC3c3ccc(Cl)cc3)CC2)cc1Oc1cnc2[nH]ccc2c1. The van der Waals surface area contributed by atoms with Crippen LogP contribution in [0.25, 0.3) is 11.0 Å². The van der Waals surface area contributed by atoms with Crippen molar-refractivity contribution in [1.29, 1.82) is 0 Å². The highest BCUT2D eigenvalue weighted by Crippen LogP contribution is 2.35. The molecule has 4 aromatic rings. The highest BCUT2D eigenvalue weighted by Gasteiger charge is 2.28. The summed E-state index contributed by atoms with van der Waals surface area (Å²) in [7, 11) is 0. The fourth-order valence-corrected chi connectivity index (χ4v) is 6.20. The van der Waals surface area contributed by atoms with Crippen molar-refractivity contribution in [3.8, 4) is 11.5 Å². The highest BCUT2D eigenvalue weighted by atomic mass is 35.5. The summed E-state index contributed by atoms with van der Waals surface area (Å²) in [4.78, 5) is 24.7. The fourth-order valence-electron chi connectivity index (χ4n) is 6.08. The van der Waals surface area contributed by atoms with Crippen molar-refractivity contribution < 1.29 is 9.53 Å². The number of primary amides is 1. The number of piperidine rings is 2. The van der Waals surface area contributed by atoms with Gasteiger partial charge in [0.15, 0.2) is 0 Å². The average Bonchev–Trinajstić information content (AvgIpc) is 3.42. The van der Waals surface area contributed by atoms with Gasteiger partial charge in [-0.1, -0.05) is 30.2 Å². The molecule has 39 heavy (non-hydrogen) atoms. The van der Waals surface area contributed by atoms with Gasteiger partial charge in [0.1, 0.15) is 17.1 Å². The summed E-state index contributed by atoms with van der Waals surface area (Å²) in [6.07, 6.45) is 9.51. The van der Waals surface area contributed by atoms with E-state index in [1.165, 1.54) is 24.8 Å². The molecular formula is C31H34ClN5O2. The van der Waals surface area contributed by atoms with E-state index in [4.69, 9.17) is 22.1 Å². The second-order valence-corrected chi connectivity index (χ2v) is 11.2. The quantitative estimate of drug-likeness (QED) is 0.276. The number of nitrogens with zero attached hydrogens (tertiary/aromatic N) is 3. The zero-order valence-electron chi connectivity index (χ0n) is 22.0. The Morgan fingerprint density at radius 3 is 2.64 bits per heavy atom. The smallest absolute Gasteiger partial charge is 0.252 e. The minimum atomic E-state index is -0.511. The van der Waals surface area contributed by atoms with Gasteiger partial charge in [0.25, 0.3) is 5.91 Å². The van der Waals surface area contributed by atoms with Gasteiger partial charge < -0.3 is 20.4 Å². The lowest BCUT2D eigenvalue weighted by Crippen LogP contribution is -2.41. The maximum absolute atomic E-state index is 12.1. The third-order valence-electron chi connectivity index (χ3n) is 8.17. The van der Waals surface area contributed by atoms with Crippen molar-refractivity contribution in [2.75, 3.05) is 31.1 Å². The van der Waals surface area contributed by atoms with Gasteiger partial charge in [0.2, 0.25) is 0 Å². The minimum Gasteiger partial charge on any atom is -0.455 e. The maximum atomic E-state index is 12.1. The molecule has 2 aliphatic rings. The molecule has 2 aromatic heterocycles. The Labute approximate surface area is 233 Å². The fraction of sp³-hybridized carbons (Fsp3) is 0.355. The van der Waals surface area contributed by atoms with Crippen LogP contribution in [0.4, 0.5) is 5.69 Å². The molecule has 7 nitrogen and oxygen atoms in total. The van der Waals surface area contributed by atoms with E-state index in [9.17, 15) is 4.79 Å². The molecule has 1 amide bonds. The monoisotopic (exact) mass is 543 g/mol. The molecule has 2 saturated heterocycles. The molecule has 0 bridgehead atoms. The summed E-state index contributed by atoms with van der Waals surface area (Å²) in [5, 5.41) is 1.74. The molecule has 0 aliphatic carbocycles. The van der Waals surface area contributed by atoms with E-state index in [0.29, 0.717) is 29.0 Å². The normalized spacial score (nSPS) is 18.9. The van der Waals surface area contributed by atoms with Crippen LogP contribution in [-0.2, 0) is 0 Å². The first-order chi connectivity index (χ1) is 19.0. The Kier molecular flexibility index (Phi) is 7.44. The van der Waals surface area contributed by atoms with Crippen LogP contribution in [0.3, 0.4) is 0 Å². The number of aromatic nitrogens is 2. The van der Waals surface area contributed by atoms with Crippen LogP contribution in [0, 0.1) is 5.92 Å². The van der Waals surface area contributed by atoms with E-state index in [1.807, 2.05) is 42.6 Å². The predicted molar refractivity (Wildman–Crippen MR) is 156 cm³/mol. The number of benzene rings is 2. The number of pyridine rings is 1. The minimum absolute atomic E-state index is 0.362. The molecule has 0 saturated carbocycles. The summed E-state index contributed by atoms with van der Waals surface area (Å²) >= 11 is 6.14. The van der Waals surface area contributed by atoms with Crippen molar-refractivity contribution in [1.82, 2.24) is 14.9 Å². The van der Waals surface area contributed by atoms with Crippen molar-refractivity contribution in [2.24, 2.45) is 11.7 Å². The largest absolute Gasteiger partial charge is 0.455 e. The number of likely N-dealkylation sites (tertiary alicyclic amines) is 1. The van der Waals surface area contributed by atoms with E-state index in [2.05, 4.69) is 31.9 Å². The second-order valence-electron chi connectivity index (χ2n) is 10.7. The number of halogens is 1. The average molecular weight is 544 g/mol. The van der Waals surface area contributed by atoms with E-state index in [-0.39, 0.29) is 0 Å². The van der Waals surface area contributed by atoms with Crippen LogP contribution >= 0.6 is 11.6 Å². The molecule has 2 aromatic carbocycles. The van der Waals surface area contributed by atoms with Crippen molar-refractivity contribution in [3.05, 3.63) is 83.1 Å². The summed E-state index contributed by atoms with van der Waals surface area (Å²) in [6, 6.07) is 18.4. The standard InChI is InChI=1S/C31H34ClN5O2/c32-24-6-4-22(5-7-24)28-3-1-2-14-37(28)20-21-11-15-36(16-12-21)25-8-9-27(30(33)38)29(18-25)39-26-17-23-10-13-34-31(23)35-19-26/h4-10,13,17-19,21,28H,1-3,11-12,14-16,20H2,(H2,33,38)(H,34,35). The van der Waals surface area contributed by atoms with E-state index in [0.717, 1.165) is 60.8 Å². The van der Waals surface area contributed by atoms with E-state index in [1.54, 1.807) is 12.3 Å². The third-order valence-corrected chi connectivity index (χ3v) is 8.43. The van der Waals surface area contributed by atoms with Gasteiger partial charge in [0, 0.05) is 54.0 Å². The first kappa shape index (κ1) is 25.7. The Bertz CT molecular complexity index is 1450. The van der Waals surface area contributed by atoms with Gasteiger partial charge in [-0.25, -0.2) is 4.98 Å². The predicted octanol–water partition coefficient (Wildman–Crippen LogP) is 6.55. The van der Waals surface area contributed by atoms with Crippen LogP contribution in [0.5, 0.6) is 11.5 Å². The maximum Gasteiger partial charge on any atom is 0.252 e. The van der Waals surface area contributed by atoms with Gasteiger partial charge in [-0.2, -0.15) is 0 Å². The first-order valence-electron chi connectivity index (χ1n) is 13.8. The molecule has 8 heteroatoms. The van der Waals surface area contributed by atoms with E-state index < -0.39 is 5.91 Å². The van der Waals surface area contributed by atoms with Gasteiger partial charge in [-0.05, 0) is 80.1 Å². The third kappa shape index (κ3) is 5.75. The Morgan fingerprint density at radius 2 is 1.85 bits per heavy atom. The van der Waals surface area contributed by atoms with Gasteiger partial charge in [-0.15, -0.1) is 0 Å². The molecule has 4 heterocycles. The summed E-state index contributed by atoms with van der Waals surface area (Å²) < 4.78 is 6.14. The lowest BCUT2D eigenvalue weighted by molar-refractivity contribution is 0.0998. The molecule has 3 N–H and O–H groups in total. The number of aromatic amines is 1. The molecule has 6 rings (SSSR count). The Morgan fingerprint density at radius 1 is 1.03 bits per heavy atom. The van der Waals surface area contributed by atoms with Crippen molar-refractivity contribution in [3.63, 3.8) is 0 Å². The molecule has 0 radical (unpaired) electrons. The Hall–Kier alpha value is -3.55. The molecule has 0 spiro atoms. The van der Waals surface area contributed by atoms with Crippen LogP contribution in [0.2, 0.25) is 5.02 Å². The molecule has 1 unspecified atom stereocenters. The van der Waals surface area contributed by atoms with Gasteiger partial charge in [0.05, 0.1) is 11.8 Å². The van der Waals surface area contributed by atoms with Crippen molar-refractivity contribution in [2.45, 2.75) is 38.1 Å². The molecule has 202 valence electrons. The number of nitrogens with one attached hydrogen (secondary N) is 1. The van der Waals surface area contributed by atoms with Crippen molar-refractivity contribution >= 4 is 34.2 Å². The van der Waals surface area contributed by atoms with Gasteiger partial charge in [-0.3, -0.25) is 9.69 Å². The lowest BCUT2D eigenvalue weighted by Gasteiger charge is -2.41. The number of carbonyl (C=O) groups excluding carboxylic acids is 1. The highest BCUT2D eigenvalue weighted by molar-refractivity contribution is 6.30. The number of ether oxygens (including phenoxy) is 1. The number of H-pyrrole nitrogens is 1. The van der Waals surface area contributed by atoms with Crippen LogP contribution in [0.15, 0.2) is 67.0 Å². The van der Waals surface area contributed by atoms with Crippen LogP contribution in [-0.4, -0.2) is 47.0 Å². The summed E-state index contributed by atoms with van der Waals surface area (Å²) in [6.45, 7) is 4.23. The molecule has 2 aliphatic heterocycles. The number of amides is 1. The Balaban J connectivity index is 1.12. The second kappa shape index (κ2) is 11.3. The summed E-state index contributed by atoms with van der Waals surface area (Å²) in [5.41, 5.74) is 9.25. The van der Waals surface area contributed by atoms with E-state index >= 15 is 0 Å². The molecule has 1 atom stereocenters. The molecular weight excluding hydrogens is 510 g/mol. The number of carbonyl (C=O) groups is 1. The number of anilines is 1. The number of hydrogen-bond acceptors (Lipinski definition) is 5. The zero-order chi connectivity index (χ0) is 26.8. The summed E-state index contributed by atoms with van der Waals surface area (Å²) in [5.74, 6) is 1.17. The topological polar surface area (TPSA) is 87.5 Å². The zero-order valence-corrected chi connectivity index (χ0v) is 22.7. The number of nitrogens with two attached hydrogens (primary N) is 1. The molecule has 2 fully saturated rings. The van der Waals surface area contributed by atoms with Gasteiger partial charge >= 0.3 is 0 Å². The van der Waals surface area contributed by atoms with Crippen LogP contribution < -0.4 is 15.4 Å². The number of rotatable bonds is 7. The number of hydrogen-bond donors (Lipinski definition) is 2. The first-order valence-corrected chi connectivity index (χ1v) is 14.2.